The zero-order valence-electron chi connectivity index (χ0n) is 16.2. The molecule has 2 aromatic rings. The van der Waals surface area contributed by atoms with E-state index in [1.807, 2.05) is 30.0 Å². The second kappa shape index (κ2) is 6.63. The first-order valence-electron chi connectivity index (χ1n) is 9.62. The summed E-state index contributed by atoms with van der Waals surface area (Å²) in [7, 11) is 0. The van der Waals surface area contributed by atoms with Crippen LogP contribution in [0, 0.1) is 18.7 Å². The summed E-state index contributed by atoms with van der Waals surface area (Å²) in [6, 6.07) is 11.0. The van der Waals surface area contributed by atoms with Gasteiger partial charge in [-0.2, -0.15) is 0 Å². The number of likely N-dealkylation sites (tertiary alicyclic amines) is 1. The number of benzene rings is 1. The molecule has 4 rings (SSSR count). The maximum Gasteiger partial charge on any atom is 0.272 e. The van der Waals surface area contributed by atoms with Crippen LogP contribution in [0.3, 0.4) is 0 Å². The van der Waals surface area contributed by atoms with Gasteiger partial charge in [-0.05, 0) is 69.4 Å². The van der Waals surface area contributed by atoms with Crippen LogP contribution < -0.4 is 4.90 Å². The largest absolute Gasteiger partial charge is 0.363 e. The van der Waals surface area contributed by atoms with Gasteiger partial charge >= 0.3 is 0 Å². The predicted octanol–water partition coefficient (Wildman–Crippen LogP) is 4.05. The number of hydrogen-bond acceptors (Lipinski definition) is 3. The molecule has 3 heterocycles. The summed E-state index contributed by atoms with van der Waals surface area (Å²) in [6.45, 7) is 7.79. The van der Waals surface area contributed by atoms with E-state index in [1.165, 1.54) is 6.07 Å². The highest BCUT2D eigenvalue weighted by Crippen LogP contribution is 2.44. The fourth-order valence-corrected chi connectivity index (χ4v) is 4.96. The van der Waals surface area contributed by atoms with Crippen molar-refractivity contribution in [2.45, 2.75) is 45.2 Å². The van der Waals surface area contributed by atoms with Gasteiger partial charge in [0.1, 0.15) is 11.5 Å². The number of fused-ring (bicyclic) bond motifs is 1. The molecule has 1 amide bonds. The molecule has 2 aliphatic heterocycles. The lowest BCUT2D eigenvalue weighted by Gasteiger charge is -2.41. The van der Waals surface area contributed by atoms with Gasteiger partial charge in [0.15, 0.2) is 0 Å². The number of carbonyl (C=O) groups excluding carboxylic acids is 1. The summed E-state index contributed by atoms with van der Waals surface area (Å²) in [5.41, 5.74) is 2.34. The average molecular weight is 367 g/mol. The number of aromatic nitrogens is 1. The molecule has 0 aliphatic carbocycles. The molecule has 0 radical (unpaired) electrons. The zero-order chi connectivity index (χ0) is 19.2. The number of amides is 1. The number of anilines is 1. The van der Waals surface area contributed by atoms with Gasteiger partial charge in [0.05, 0.1) is 0 Å². The van der Waals surface area contributed by atoms with Gasteiger partial charge in [-0.3, -0.25) is 9.78 Å². The Morgan fingerprint density at radius 3 is 2.81 bits per heavy atom. The number of rotatable bonds is 2. The zero-order valence-corrected chi connectivity index (χ0v) is 16.2. The minimum absolute atomic E-state index is 0.0218. The molecule has 0 saturated carbocycles. The number of carbonyl (C=O) groups is 1. The monoisotopic (exact) mass is 367 g/mol. The van der Waals surface area contributed by atoms with Crippen molar-refractivity contribution in [3.8, 4) is 0 Å². The maximum atomic E-state index is 13.8. The minimum atomic E-state index is -0.204. The van der Waals surface area contributed by atoms with E-state index in [-0.39, 0.29) is 17.3 Å². The number of hydrogen-bond donors (Lipinski definition) is 0. The van der Waals surface area contributed by atoms with E-state index < -0.39 is 0 Å². The molecule has 1 aromatic carbocycles. The Morgan fingerprint density at radius 2 is 2.07 bits per heavy atom. The SMILES string of the molecule is Cc1cccnc1C(=O)N1CC[C@H]2[C@@H](C1)CC(C)(C)N2c1cccc(F)c1. The van der Waals surface area contributed by atoms with Gasteiger partial charge < -0.3 is 9.80 Å². The van der Waals surface area contributed by atoms with Crippen molar-refractivity contribution < 1.29 is 9.18 Å². The first-order valence-corrected chi connectivity index (χ1v) is 9.62. The lowest BCUT2D eigenvalue weighted by atomic mass is 9.89. The van der Waals surface area contributed by atoms with Crippen LogP contribution in [0.4, 0.5) is 10.1 Å². The van der Waals surface area contributed by atoms with Crippen LogP contribution in [0.5, 0.6) is 0 Å². The lowest BCUT2D eigenvalue weighted by Crippen LogP contribution is -2.50. The number of nitrogens with zero attached hydrogens (tertiary/aromatic N) is 3. The lowest BCUT2D eigenvalue weighted by molar-refractivity contribution is 0.0660. The average Bonchev–Trinajstić information content (AvgIpc) is 2.90. The summed E-state index contributed by atoms with van der Waals surface area (Å²) in [6.07, 6.45) is 3.55. The Balaban J connectivity index is 1.57. The quantitative estimate of drug-likeness (QED) is 0.803. The van der Waals surface area contributed by atoms with Crippen molar-refractivity contribution in [3.63, 3.8) is 0 Å². The third-order valence-corrected chi connectivity index (χ3v) is 6.02. The third-order valence-electron chi connectivity index (χ3n) is 6.02. The van der Waals surface area contributed by atoms with Crippen LogP contribution in [0.1, 0.15) is 42.7 Å². The smallest absolute Gasteiger partial charge is 0.272 e. The molecule has 27 heavy (non-hydrogen) atoms. The highest BCUT2D eigenvalue weighted by molar-refractivity contribution is 5.93. The van der Waals surface area contributed by atoms with E-state index in [0.717, 1.165) is 30.6 Å². The fourth-order valence-electron chi connectivity index (χ4n) is 4.96. The van der Waals surface area contributed by atoms with Crippen LogP contribution in [0.2, 0.25) is 0 Å². The predicted molar refractivity (Wildman–Crippen MR) is 104 cm³/mol. The van der Waals surface area contributed by atoms with Crippen molar-refractivity contribution >= 4 is 11.6 Å². The number of halogens is 1. The minimum Gasteiger partial charge on any atom is -0.363 e. The van der Waals surface area contributed by atoms with E-state index in [2.05, 4.69) is 23.7 Å². The Hall–Kier alpha value is -2.43. The fraction of sp³-hybridized carbons (Fsp3) is 0.455. The standard InChI is InChI=1S/C22H26FN3O/c1-15-6-5-10-24-20(15)21(27)25-11-9-19-16(14-25)13-22(2,3)26(19)18-8-4-7-17(23)12-18/h4-8,10,12,16,19H,9,11,13-14H2,1-3H3/t16-,19+/m1/s1. The summed E-state index contributed by atoms with van der Waals surface area (Å²) >= 11 is 0. The van der Waals surface area contributed by atoms with E-state index in [0.29, 0.717) is 24.2 Å². The first kappa shape index (κ1) is 18.0. The molecule has 0 unspecified atom stereocenters. The molecule has 142 valence electrons. The Morgan fingerprint density at radius 1 is 1.26 bits per heavy atom. The van der Waals surface area contributed by atoms with Crippen LogP contribution in [-0.2, 0) is 0 Å². The Kier molecular flexibility index (Phi) is 4.41. The Labute approximate surface area is 160 Å². The van der Waals surface area contributed by atoms with E-state index in [1.54, 1.807) is 18.3 Å². The third kappa shape index (κ3) is 3.20. The van der Waals surface area contributed by atoms with E-state index >= 15 is 0 Å². The molecule has 0 bridgehead atoms. The molecule has 2 fully saturated rings. The molecular formula is C22H26FN3O. The summed E-state index contributed by atoms with van der Waals surface area (Å²) in [5.74, 6) is 0.198. The molecule has 0 spiro atoms. The molecule has 4 nitrogen and oxygen atoms in total. The molecular weight excluding hydrogens is 341 g/mol. The van der Waals surface area contributed by atoms with Crippen molar-refractivity contribution in [2.75, 3.05) is 18.0 Å². The van der Waals surface area contributed by atoms with Crippen molar-refractivity contribution in [3.05, 3.63) is 59.7 Å². The second-order valence-electron chi connectivity index (χ2n) is 8.40. The molecule has 2 saturated heterocycles. The second-order valence-corrected chi connectivity index (χ2v) is 8.40. The number of aryl methyl sites for hydroxylation is 1. The van der Waals surface area contributed by atoms with Crippen molar-refractivity contribution in [1.29, 1.82) is 0 Å². The van der Waals surface area contributed by atoms with Crippen molar-refractivity contribution in [1.82, 2.24) is 9.88 Å². The number of piperidine rings is 1. The first-order chi connectivity index (χ1) is 12.9. The normalized spacial score (nSPS) is 24.0. The molecule has 2 aliphatic rings. The Bertz CT molecular complexity index is 866. The van der Waals surface area contributed by atoms with Gasteiger partial charge in [-0.25, -0.2) is 4.39 Å². The summed E-state index contributed by atoms with van der Waals surface area (Å²) in [4.78, 5) is 21.6. The van der Waals surface area contributed by atoms with Crippen LogP contribution in [0.15, 0.2) is 42.6 Å². The van der Waals surface area contributed by atoms with Crippen LogP contribution in [0.25, 0.3) is 0 Å². The summed E-state index contributed by atoms with van der Waals surface area (Å²) < 4.78 is 13.8. The molecule has 1 aromatic heterocycles. The van der Waals surface area contributed by atoms with Crippen LogP contribution in [-0.4, -0.2) is 40.5 Å². The maximum absolute atomic E-state index is 13.8. The highest BCUT2D eigenvalue weighted by Gasteiger charge is 2.48. The summed E-state index contributed by atoms with van der Waals surface area (Å²) in [5, 5.41) is 0. The van der Waals surface area contributed by atoms with E-state index in [4.69, 9.17) is 0 Å². The molecule has 2 atom stereocenters. The van der Waals surface area contributed by atoms with Gasteiger partial charge in [0.2, 0.25) is 0 Å². The topological polar surface area (TPSA) is 36.4 Å². The van der Waals surface area contributed by atoms with Crippen molar-refractivity contribution in [2.24, 2.45) is 5.92 Å². The van der Waals surface area contributed by atoms with Gasteiger partial charge in [0.25, 0.3) is 5.91 Å². The number of pyridine rings is 1. The van der Waals surface area contributed by atoms with Gasteiger partial charge in [0, 0.05) is 36.6 Å². The van der Waals surface area contributed by atoms with Gasteiger partial charge in [-0.1, -0.05) is 12.1 Å². The van der Waals surface area contributed by atoms with Gasteiger partial charge in [-0.15, -0.1) is 0 Å². The van der Waals surface area contributed by atoms with Crippen LogP contribution >= 0.6 is 0 Å². The van der Waals surface area contributed by atoms with E-state index in [9.17, 15) is 9.18 Å². The molecule has 5 heteroatoms. The highest BCUT2D eigenvalue weighted by atomic mass is 19.1. The molecule has 0 N–H and O–H groups in total.